The fourth-order valence-electron chi connectivity index (χ4n) is 1.34. The van der Waals surface area contributed by atoms with Gasteiger partial charge in [0.2, 0.25) is 0 Å². The number of nitrogens with zero attached hydrogens (tertiary/aromatic N) is 1. The summed E-state index contributed by atoms with van der Waals surface area (Å²) in [6.07, 6.45) is 3.79. The Bertz CT molecular complexity index is 335. The number of aromatic nitrogens is 1. The lowest BCUT2D eigenvalue weighted by Crippen LogP contribution is -2.27. The first-order valence-electron chi connectivity index (χ1n) is 4.91. The Labute approximate surface area is 94.2 Å². The van der Waals surface area contributed by atoms with Crippen LogP contribution >= 0.6 is 11.8 Å². The molecule has 0 fully saturated rings. The zero-order chi connectivity index (χ0) is 11.3. The van der Waals surface area contributed by atoms with Gasteiger partial charge in [0, 0.05) is 25.0 Å². The van der Waals surface area contributed by atoms with Crippen molar-refractivity contribution < 1.29 is 4.79 Å². The van der Waals surface area contributed by atoms with E-state index in [1.165, 1.54) is 0 Å². The van der Waals surface area contributed by atoms with Crippen LogP contribution in [0.15, 0.2) is 12.3 Å². The van der Waals surface area contributed by atoms with Crippen LogP contribution in [-0.4, -0.2) is 29.0 Å². The van der Waals surface area contributed by atoms with Crippen LogP contribution in [-0.2, 0) is 6.54 Å². The molecule has 0 aliphatic rings. The summed E-state index contributed by atoms with van der Waals surface area (Å²) in [6.45, 7) is 3.43. The maximum Gasteiger partial charge on any atom is 0.268 e. The van der Waals surface area contributed by atoms with Crippen molar-refractivity contribution in [2.45, 2.75) is 13.5 Å². The van der Waals surface area contributed by atoms with Gasteiger partial charge in [0.1, 0.15) is 5.69 Å². The first kappa shape index (κ1) is 12.0. The van der Waals surface area contributed by atoms with E-state index in [2.05, 4.69) is 5.32 Å². The van der Waals surface area contributed by atoms with Crippen molar-refractivity contribution in [3.05, 3.63) is 18.0 Å². The van der Waals surface area contributed by atoms with Gasteiger partial charge in [-0.3, -0.25) is 4.79 Å². The van der Waals surface area contributed by atoms with Crippen LogP contribution in [0.1, 0.15) is 17.4 Å². The molecule has 0 aromatic carbocycles. The molecule has 1 aromatic rings. The molecule has 15 heavy (non-hydrogen) atoms. The summed E-state index contributed by atoms with van der Waals surface area (Å²) >= 11 is 1.71. The predicted octanol–water partition coefficient (Wildman–Crippen LogP) is 1.18. The fraction of sp³-hybridized carbons (Fsp3) is 0.500. The molecule has 0 aliphatic carbocycles. The topological polar surface area (TPSA) is 60.0 Å². The van der Waals surface area contributed by atoms with E-state index in [0.29, 0.717) is 17.9 Å². The molecule has 1 aromatic heterocycles. The molecule has 0 saturated heterocycles. The number of anilines is 1. The van der Waals surface area contributed by atoms with Crippen LogP contribution in [0.25, 0.3) is 0 Å². The summed E-state index contributed by atoms with van der Waals surface area (Å²) in [4.78, 5) is 11.7. The number of nitrogens with one attached hydrogen (secondary N) is 1. The minimum absolute atomic E-state index is 0.0531. The lowest BCUT2D eigenvalue weighted by Gasteiger charge is -2.06. The number of carbonyl (C=O) groups is 1. The van der Waals surface area contributed by atoms with Gasteiger partial charge >= 0.3 is 0 Å². The van der Waals surface area contributed by atoms with Crippen molar-refractivity contribution in [1.29, 1.82) is 0 Å². The number of thioether (sulfide) groups is 1. The van der Waals surface area contributed by atoms with E-state index in [4.69, 9.17) is 5.73 Å². The highest BCUT2D eigenvalue weighted by atomic mass is 32.2. The van der Waals surface area contributed by atoms with Gasteiger partial charge in [0.15, 0.2) is 0 Å². The second kappa shape index (κ2) is 5.70. The highest BCUT2D eigenvalue weighted by Crippen LogP contribution is 2.10. The minimum Gasteiger partial charge on any atom is -0.397 e. The molecule has 0 aliphatic heterocycles. The van der Waals surface area contributed by atoms with Crippen LogP contribution in [0, 0.1) is 0 Å². The molecule has 0 unspecified atom stereocenters. The van der Waals surface area contributed by atoms with Gasteiger partial charge in [-0.1, -0.05) is 0 Å². The van der Waals surface area contributed by atoms with Crippen molar-refractivity contribution in [2.75, 3.05) is 24.3 Å². The van der Waals surface area contributed by atoms with Crippen molar-refractivity contribution >= 4 is 23.4 Å². The number of amides is 1. The maximum atomic E-state index is 11.7. The number of aryl methyl sites for hydroxylation is 1. The molecule has 0 atom stereocenters. The zero-order valence-corrected chi connectivity index (χ0v) is 9.93. The minimum atomic E-state index is -0.0531. The van der Waals surface area contributed by atoms with E-state index >= 15 is 0 Å². The van der Waals surface area contributed by atoms with Crippen molar-refractivity contribution in [3.8, 4) is 0 Å². The first-order valence-corrected chi connectivity index (χ1v) is 6.31. The Morgan fingerprint density at radius 1 is 1.67 bits per heavy atom. The van der Waals surface area contributed by atoms with Gasteiger partial charge in [0.25, 0.3) is 5.91 Å². The molecule has 0 saturated carbocycles. The summed E-state index contributed by atoms with van der Waals surface area (Å²) in [5, 5.41) is 2.85. The first-order chi connectivity index (χ1) is 7.19. The number of hydrogen-bond acceptors (Lipinski definition) is 3. The van der Waals surface area contributed by atoms with Gasteiger partial charge in [-0.15, -0.1) is 0 Å². The Balaban J connectivity index is 2.64. The fourth-order valence-corrected chi connectivity index (χ4v) is 1.65. The molecule has 0 bridgehead atoms. The molecular weight excluding hydrogens is 210 g/mol. The molecule has 1 heterocycles. The molecule has 3 N–H and O–H groups in total. The second-order valence-electron chi connectivity index (χ2n) is 3.19. The van der Waals surface area contributed by atoms with Crippen LogP contribution < -0.4 is 11.1 Å². The lowest BCUT2D eigenvalue weighted by molar-refractivity contribution is 0.0947. The van der Waals surface area contributed by atoms with Crippen LogP contribution in [0.2, 0.25) is 0 Å². The van der Waals surface area contributed by atoms with E-state index in [-0.39, 0.29) is 5.91 Å². The molecule has 84 valence electrons. The van der Waals surface area contributed by atoms with E-state index < -0.39 is 0 Å². The molecule has 5 heteroatoms. The summed E-state index contributed by atoms with van der Waals surface area (Å²) in [5.74, 6) is 0.872. The third-order valence-electron chi connectivity index (χ3n) is 2.08. The number of nitrogens with two attached hydrogens (primary N) is 1. The molecule has 1 rings (SSSR count). The SMILES string of the molecule is CCn1cc(N)cc1C(=O)NCCSC. The molecule has 0 spiro atoms. The Kier molecular flexibility index (Phi) is 4.55. The third kappa shape index (κ3) is 3.20. The average molecular weight is 227 g/mol. The highest BCUT2D eigenvalue weighted by molar-refractivity contribution is 7.98. The number of hydrogen-bond donors (Lipinski definition) is 2. The van der Waals surface area contributed by atoms with Gasteiger partial charge in [-0.05, 0) is 19.2 Å². The smallest absolute Gasteiger partial charge is 0.268 e. The highest BCUT2D eigenvalue weighted by Gasteiger charge is 2.10. The third-order valence-corrected chi connectivity index (χ3v) is 2.70. The molecule has 4 nitrogen and oxygen atoms in total. The predicted molar refractivity (Wildman–Crippen MR) is 65.2 cm³/mol. The molecular formula is C10H17N3OS. The summed E-state index contributed by atoms with van der Waals surface area (Å²) in [7, 11) is 0. The van der Waals surface area contributed by atoms with Crippen molar-refractivity contribution in [2.24, 2.45) is 0 Å². The van der Waals surface area contributed by atoms with Crippen LogP contribution in [0.3, 0.4) is 0 Å². The van der Waals surface area contributed by atoms with Gasteiger partial charge in [-0.2, -0.15) is 11.8 Å². The Hall–Kier alpha value is -1.10. The number of nitrogen functional groups attached to an aromatic ring is 1. The second-order valence-corrected chi connectivity index (χ2v) is 4.18. The van der Waals surface area contributed by atoms with Crippen molar-refractivity contribution in [1.82, 2.24) is 9.88 Å². The normalized spacial score (nSPS) is 10.3. The van der Waals surface area contributed by atoms with E-state index in [0.717, 1.165) is 12.3 Å². The lowest BCUT2D eigenvalue weighted by atomic mass is 10.4. The maximum absolute atomic E-state index is 11.7. The molecule has 0 radical (unpaired) electrons. The van der Waals surface area contributed by atoms with Crippen molar-refractivity contribution in [3.63, 3.8) is 0 Å². The van der Waals surface area contributed by atoms with E-state index in [1.807, 2.05) is 17.7 Å². The Morgan fingerprint density at radius 3 is 3.00 bits per heavy atom. The molecule has 1 amide bonds. The van der Waals surface area contributed by atoms with Gasteiger partial charge < -0.3 is 15.6 Å². The number of rotatable bonds is 5. The summed E-state index contributed by atoms with van der Waals surface area (Å²) in [5.41, 5.74) is 6.91. The largest absolute Gasteiger partial charge is 0.397 e. The average Bonchev–Trinajstić information content (AvgIpc) is 2.60. The number of carbonyl (C=O) groups excluding carboxylic acids is 1. The van der Waals surface area contributed by atoms with E-state index in [9.17, 15) is 4.79 Å². The monoisotopic (exact) mass is 227 g/mol. The summed E-state index contributed by atoms with van der Waals surface area (Å²) < 4.78 is 1.85. The Morgan fingerprint density at radius 2 is 2.40 bits per heavy atom. The van der Waals surface area contributed by atoms with Gasteiger partial charge in [-0.25, -0.2) is 0 Å². The van der Waals surface area contributed by atoms with E-state index in [1.54, 1.807) is 24.0 Å². The standard InChI is InChI=1S/C10H17N3OS/c1-3-13-7-8(11)6-9(13)10(14)12-4-5-15-2/h6-7H,3-5,11H2,1-2H3,(H,12,14). The van der Waals surface area contributed by atoms with Gasteiger partial charge in [0.05, 0.1) is 5.69 Å². The van der Waals surface area contributed by atoms with Crippen LogP contribution in [0.4, 0.5) is 5.69 Å². The quantitative estimate of drug-likeness (QED) is 0.743. The summed E-state index contributed by atoms with van der Waals surface area (Å²) in [6, 6.07) is 1.71. The zero-order valence-electron chi connectivity index (χ0n) is 9.12. The van der Waals surface area contributed by atoms with Crippen LogP contribution in [0.5, 0.6) is 0 Å².